The second kappa shape index (κ2) is 9.67. The van der Waals surface area contributed by atoms with Gasteiger partial charge in [0.15, 0.2) is 0 Å². The Labute approximate surface area is 214 Å². The number of piperidine rings is 1. The Hall–Kier alpha value is -2.83. The summed E-state index contributed by atoms with van der Waals surface area (Å²) in [4.78, 5) is 32.5. The second-order valence-corrected chi connectivity index (χ2v) is 10.7. The van der Waals surface area contributed by atoms with Crippen LogP contribution in [0, 0.1) is 5.82 Å². The number of hydrogen-bond donors (Lipinski definition) is 0. The lowest BCUT2D eigenvalue weighted by molar-refractivity contribution is 0.0510. The zero-order valence-electron chi connectivity index (χ0n) is 19.6. The molecule has 0 bridgehead atoms. The van der Waals surface area contributed by atoms with Crippen molar-refractivity contribution < 1.29 is 14.0 Å². The Morgan fingerprint density at radius 3 is 2.51 bits per heavy atom. The van der Waals surface area contributed by atoms with Gasteiger partial charge in [-0.1, -0.05) is 41.6 Å². The van der Waals surface area contributed by atoms with Gasteiger partial charge in [0.1, 0.15) is 5.82 Å². The summed E-state index contributed by atoms with van der Waals surface area (Å²) in [6, 6.07) is 17.7. The number of hydrogen-bond acceptors (Lipinski definition) is 3. The fourth-order valence-electron chi connectivity index (χ4n) is 5.02. The summed E-state index contributed by atoms with van der Waals surface area (Å²) in [6.45, 7) is 4.12. The number of rotatable bonds is 3. The third-order valence-electron chi connectivity index (χ3n) is 6.89. The molecule has 180 valence electrons. The standard InChI is InChI=1S/C28H26ClFN2O2S/c1-17-7-5-8-18(2)32(17)27(33)19-13-14-26-24(15-19)31(16-21-22(29)10-6-11-23(21)30)28(34)20-9-3-4-12-25(20)35-26/h3-4,6,9-15,17-18H,5,7-8,16H2,1-2H3/t17-,18+. The second-order valence-electron chi connectivity index (χ2n) is 9.21. The van der Waals surface area contributed by atoms with Crippen LogP contribution in [0.3, 0.4) is 0 Å². The van der Waals surface area contributed by atoms with Gasteiger partial charge in [0.2, 0.25) is 0 Å². The molecule has 0 N–H and O–H groups in total. The fourth-order valence-corrected chi connectivity index (χ4v) is 6.30. The monoisotopic (exact) mass is 508 g/mol. The molecule has 4 nitrogen and oxygen atoms in total. The summed E-state index contributed by atoms with van der Waals surface area (Å²) in [5.74, 6) is -0.772. The molecule has 2 heterocycles. The lowest BCUT2D eigenvalue weighted by Gasteiger charge is -2.39. The Kier molecular flexibility index (Phi) is 6.60. The molecule has 2 aliphatic rings. The largest absolute Gasteiger partial charge is 0.333 e. The number of fused-ring (bicyclic) bond motifs is 2. The van der Waals surface area contributed by atoms with Gasteiger partial charge in [0.05, 0.1) is 17.8 Å². The van der Waals surface area contributed by atoms with Gasteiger partial charge in [0.25, 0.3) is 11.8 Å². The number of nitrogens with zero attached hydrogens (tertiary/aromatic N) is 2. The van der Waals surface area contributed by atoms with E-state index in [1.54, 1.807) is 24.3 Å². The number of anilines is 1. The Bertz CT molecular complexity index is 1280. The van der Waals surface area contributed by atoms with Crippen LogP contribution in [0.1, 0.15) is 59.4 Å². The van der Waals surface area contributed by atoms with Crippen LogP contribution in [-0.4, -0.2) is 28.8 Å². The van der Waals surface area contributed by atoms with Crippen molar-refractivity contribution in [3.05, 3.63) is 88.2 Å². The normalized spacial score (nSPS) is 19.7. The molecule has 5 rings (SSSR count). The summed E-state index contributed by atoms with van der Waals surface area (Å²) in [5, 5.41) is 0.257. The maximum atomic E-state index is 14.8. The molecular weight excluding hydrogens is 483 g/mol. The molecule has 0 radical (unpaired) electrons. The highest BCUT2D eigenvalue weighted by molar-refractivity contribution is 7.99. The lowest BCUT2D eigenvalue weighted by Crippen LogP contribution is -2.47. The van der Waals surface area contributed by atoms with Gasteiger partial charge in [-0.05, 0) is 75.6 Å². The van der Waals surface area contributed by atoms with Crippen molar-refractivity contribution in [1.29, 1.82) is 0 Å². The van der Waals surface area contributed by atoms with Gasteiger partial charge in [0, 0.05) is 38.0 Å². The number of halogens is 2. The average molecular weight is 509 g/mol. The first kappa shape index (κ1) is 23.9. The highest BCUT2D eigenvalue weighted by atomic mass is 35.5. The van der Waals surface area contributed by atoms with E-state index in [-0.39, 0.29) is 41.0 Å². The van der Waals surface area contributed by atoms with Crippen LogP contribution in [0.2, 0.25) is 5.02 Å². The molecule has 0 unspecified atom stereocenters. The molecule has 2 amide bonds. The van der Waals surface area contributed by atoms with Crippen molar-refractivity contribution in [2.45, 2.75) is 61.5 Å². The van der Waals surface area contributed by atoms with Gasteiger partial charge < -0.3 is 9.80 Å². The summed E-state index contributed by atoms with van der Waals surface area (Å²) in [5.41, 5.74) is 1.88. The highest BCUT2D eigenvalue weighted by Gasteiger charge is 2.32. The summed E-state index contributed by atoms with van der Waals surface area (Å²) in [7, 11) is 0. The highest BCUT2D eigenvalue weighted by Crippen LogP contribution is 2.43. The first-order chi connectivity index (χ1) is 16.8. The number of carbonyl (C=O) groups excluding carboxylic acids is 2. The maximum absolute atomic E-state index is 14.8. The fraction of sp³-hybridized carbons (Fsp3) is 0.286. The van der Waals surface area contributed by atoms with Crippen LogP contribution in [0.5, 0.6) is 0 Å². The van der Waals surface area contributed by atoms with E-state index < -0.39 is 5.82 Å². The van der Waals surface area contributed by atoms with Crippen molar-refractivity contribution in [1.82, 2.24) is 4.90 Å². The molecular formula is C28H26ClFN2O2S. The number of benzene rings is 3. The van der Waals surface area contributed by atoms with E-state index in [9.17, 15) is 14.0 Å². The third kappa shape index (κ3) is 4.45. The van der Waals surface area contributed by atoms with Crippen LogP contribution in [0.25, 0.3) is 0 Å². The maximum Gasteiger partial charge on any atom is 0.259 e. The van der Waals surface area contributed by atoms with Crippen LogP contribution >= 0.6 is 23.4 Å². The summed E-state index contributed by atoms with van der Waals surface area (Å²) in [6.07, 6.45) is 3.06. The van der Waals surface area contributed by atoms with E-state index in [0.717, 1.165) is 29.1 Å². The van der Waals surface area contributed by atoms with Crippen LogP contribution in [0.15, 0.2) is 70.5 Å². The smallest absolute Gasteiger partial charge is 0.259 e. The molecule has 1 saturated heterocycles. The van der Waals surface area contributed by atoms with E-state index in [4.69, 9.17) is 11.6 Å². The minimum Gasteiger partial charge on any atom is -0.333 e. The van der Waals surface area contributed by atoms with Crippen LogP contribution < -0.4 is 4.90 Å². The molecule has 3 aromatic rings. The zero-order valence-corrected chi connectivity index (χ0v) is 21.2. The predicted molar refractivity (Wildman–Crippen MR) is 138 cm³/mol. The van der Waals surface area contributed by atoms with Crippen LogP contribution in [-0.2, 0) is 6.54 Å². The summed E-state index contributed by atoms with van der Waals surface area (Å²) >= 11 is 7.81. The van der Waals surface area contributed by atoms with Crippen molar-refractivity contribution >= 4 is 40.9 Å². The van der Waals surface area contributed by atoms with Crippen LogP contribution in [0.4, 0.5) is 10.1 Å². The van der Waals surface area contributed by atoms with Gasteiger partial charge in [-0.3, -0.25) is 9.59 Å². The minimum atomic E-state index is -0.472. The molecule has 0 aliphatic carbocycles. The van der Waals surface area contributed by atoms with Gasteiger partial charge >= 0.3 is 0 Å². The SMILES string of the molecule is C[C@@H]1CCC[C@H](C)N1C(=O)c1ccc2c(c1)N(Cc1c(F)cccc1Cl)C(=O)c1ccccc1S2. The van der Waals surface area contributed by atoms with E-state index in [1.165, 1.54) is 22.7 Å². The third-order valence-corrected chi connectivity index (χ3v) is 8.38. The van der Waals surface area contributed by atoms with Crippen molar-refractivity contribution in [2.75, 3.05) is 4.90 Å². The summed E-state index contributed by atoms with van der Waals surface area (Å²) < 4.78 is 14.8. The molecule has 2 atom stereocenters. The Morgan fingerprint density at radius 2 is 1.77 bits per heavy atom. The quantitative estimate of drug-likeness (QED) is 0.376. The van der Waals surface area contributed by atoms with E-state index in [1.807, 2.05) is 35.2 Å². The molecule has 0 spiro atoms. The van der Waals surface area contributed by atoms with Crippen molar-refractivity contribution in [3.63, 3.8) is 0 Å². The molecule has 2 aliphatic heterocycles. The zero-order chi connectivity index (χ0) is 24.7. The molecule has 0 aromatic heterocycles. The number of carbonyl (C=O) groups is 2. The van der Waals surface area contributed by atoms with Crippen molar-refractivity contribution in [2.24, 2.45) is 0 Å². The van der Waals surface area contributed by atoms with Gasteiger partial charge in [-0.25, -0.2) is 4.39 Å². The molecule has 7 heteroatoms. The lowest BCUT2D eigenvalue weighted by atomic mass is 9.96. The first-order valence-corrected chi connectivity index (χ1v) is 13.0. The first-order valence-electron chi connectivity index (χ1n) is 11.8. The van der Waals surface area contributed by atoms with E-state index in [0.29, 0.717) is 16.8 Å². The van der Waals surface area contributed by atoms with Gasteiger partial charge in [-0.2, -0.15) is 0 Å². The average Bonchev–Trinajstić information content (AvgIpc) is 2.95. The van der Waals surface area contributed by atoms with Crippen molar-refractivity contribution in [3.8, 4) is 0 Å². The Morgan fingerprint density at radius 1 is 1.03 bits per heavy atom. The van der Waals surface area contributed by atoms with Gasteiger partial charge in [-0.15, -0.1) is 0 Å². The molecule has 1 fully saturated rings. The molecule has 35 heavy (non-hydrogen) atoms. The minimum absolute atomic E-state index is 0.0413. The molecule has 3 aromatic carbocycles. The van der Waals surface area contributed by atoms with E-state index >= 15 is 0 Å². The topological polar surface area (TPSA) is 40.6 Å². The Balaban J connectivity index is 1.61. The number of amides is 2. The number of likely N-dealkylation sites (tertiary alicyclic amines) is 1. The predicted octanol–water partition coefficient (Wildman–Crippen LogP) is 7.19. The van der Waals surface area contributed by atoms with E-state index in [2.05, 4.69) is 13.8 Å². The molecule has 0 saturated carbocycles.